The number of halogens is 2. The van der Waals surface area contributed by atoms with Gasteiger partial charge in [-0.1, -0.05) is 23.7 Å². The molecule has 2 fully saturated rings. The second kappa shape index (κ2) is 11.9. The van der Waals surface area contributed by atoms with Crippen LogP contribution in [0.2, 0.25) is 5.02 Å². The van der Waals surface area contributed by atoms with Gasteiger partial charge in [0.25, 0.3) is 0 Å². The molecular weight excluding hydrogens is 585 g/mol. The van der Waals surface area contributed by atoms with Gasteiger partial charge in [0.2, 0.25) is 0 Å². The summed E-state index contributed by atoms with van der Waals surface area (Å²) in [6, 6.07) is 15.1. The first kappa shape index (κ1) is 25.4. The third-order valence-electron chi connectivity index (χ3n) is 8.88. The number of rotatable bonds is 8. The van der Waals surface area contributed by atoms with Crippen molar-refractivity contribution < 1.29 is 32.6 Å². The Bertz CT molecular complexity index is 1870. The summed E-state index contributed by atoms with van der Waals surface area (Å²) < 4.78 is 57.7. The van der Waals surface area contributed by atoms with E-state index in [1.165, 1.54) is 12.1 Å². The van der Waals surface area contributed by atoms with E-state index in [-0.39, 0.29) is 28.4 Å². The topological polar surface area (TPSA) is 86.1 Å². The number of hydrogen-bond donors (Lipinski definition) is 1. The van der Waals surface area contributed by atoms with Crippen molar-refractivity contribution in [3.8, 4) is 11.5 Å². The predicted molar refractivity (Wildman–Crippen MR) is 165 cm³/mol. The van der Waals surface area contributed by atoms with Crippen LogP contribution < -0.4 is 9.47 Å². The van der Waals surface area contributed by atoms with E-state index < -0.39 is 24.9 Å². The Morgan fingerprint density at radius 1 is 1.16 bits per heavy atom. The van der Waals surface area contributed by atoms with Gasteiger partial charge >= 0.3 is 5.97 Å². The Morgan fingerprint density at radius 2 is 2.00 bits per heavy atom. The van der Waals surface area contributed by atoms with Gasteiger partial charge in [-0.3, -0.25) is 4.90 Å². The minimum atomic E-state index is -2.72. The summed E-state index contributed by atoms with van der Waals surface area (Å²) in [6.45, 7) is 3.49. The minimum absolute atomic E-state index is 0.00913. The number of imidazole rings is 1. The van der Waals surface area contributed by atoms with Crippen molar-refractivity contribution in [2.45, 2.75) is 50.5 Å². The molecular formula is C34H33ClFN3O5. The van der Waals surface area contributed by atoms with Crippen molar-refractivity contribution in [2.75, 3.05) is 26.7 Å². The maximum Gasteiger partial charge on any atom is 0.335 e. The predicted octanol–water partition coefficient (Wildman–Crippen LogP) is 7.01. The zero-order chi connectivity index (χ0) is 32.9. The average molecular weight is 621 g/mol. The van der Waals surface area contributed by atoms with Crippen LogP contribution >= 0.6 is 11.6 Å². The molecule has 0 unspecified atom stereocenters. The fourth-order valence-corrected chi connectivity index (χ4v) is 6.59. The third-order valence-corrected chi connectivity index (χ3v) is 9.12. The quantitative estimate of drug-likeness (QED) is 0.227. The summed E-state index contributed by atoms with van der Waals surface area (Å²) in [5.41, 5.74) is 3.39. The Balaban J connectivity index is 1.10. The Hall–Kier alpha value is -3.92. The second-order valence-electron chi connectivity index (χ2n) is 11.5. The molecule has 1 N–H and O–H groups in total. The van der Waals surface area contributed by atoms with E-state index in [9.17, 15) is 9.90 Å². The number of methoxy groups -OCH3 is 1. The van der Waals surface area contributed by atoms with Crippen molar-refractivity contribution in [1.29, 1.82) is 0 Å². The van der Waals surface area contributed by atoms with E-state index in [4.69, 9.17) is 34.9 Å². The Labute approximate surface area is 263 Å². The van der Waals surface area contributed by atoms with Crippen LogP contribution in [-0.4, -0.2) is 58.4 Å². The molecule has 7 rings (SSSR count). The Morgan fingerprint density at radius 3 is 2.75 bits per heavy atom. The summed E-state index contributed by atoms with van der Waals surface area (Å²) in [5.74, 6) is -0.00119. The van der Waals surface area contributed by atoms with Crippen LogP contribution in [0.5, 0.6) is 11.5 Å². The lowest BCUT2D eigenvalue weighted by molar-refractivity contribution is -0.0592. The highest BCUT2D eigenvalue weighted by atomic mass is 35.5. The van der Waals surface area contributed by atoms with Gasteiger partial charge in [-0.15, -0.1) is 0 Å². The molecule has 0 saturated carbocycles. The fourth-order valence-electron chi connectivity index (χ4n) is 6.43. The molecule has 228 valence electrons. The van der Waals surface area contributed by atoms with Crippen molar-refractivity contribution >= 4 is 34.4 Å². The van der Waals surface area contributed by atoms with Crippen LogP contribution in [0.15, 0.2) is 60.7 Å². The first-order valence-electron chi connectivity index (χ1n) is 16.2. The lowest BCUT2D eigenvalue weighted by Crippen LogP contribution is -2.35. The summed E-state index contributed by atoms with van der Waals surface area (Å²) in [6.07, 6.45) is 3.06. The summed E-state index contributed by atoms with van der Waals surface area (Å²) in [5, 5.41) is 9.85. The number of aromatic nitrogens is 2. The molecule has 0 amide bonds. The molecule has 3 aliphatic heterocycles. The number of ether oxygens (including phenoxy) is 3. The molecule has 10 heteroatoms. The highest BCUT2D eigenvalue weighted by Gasteiger charge is 2.31. The molecule has 3 aliphatic rings. The number of likely N-dealkylation sites (tertiary alicyclic amines) is 1. The van der Waals surface area contributed by atoms with Gasteiger partial charge in [0.1, 0.15) is 29.3 Å². The minimum Gasteiger partial charge on any atom is -0.496 e. The van der Waals surface area contributed by atoms with Crippen molar-refractivity contribution in [2.24, 2.45) is 0 Å². The molecule has 0 spiro atoms. The van der Waals surface area contributed by atoms with E-state index >= 15 is 4.39 Å². The smallest absolute Gasteiger partial charge is 0.335 e. The van der Waals surface area contributed by atoms with Crippen LogP contribution in [0, 0.1) is 0 Å². The number of carboxylic acid groups (broad SMARTS) is 1. The van der Waals surface area contributed by atoms with Crippen LogP contribution in [0.3, 0.4) is 0 Å². The largest absolute Gasteiger partial charge is 0.496 e. The Kier molecular flexibility index (Phi) is 6.86. The number of para-hydroxylation sites is 1. The van der Waals surface area contributed by atoms with Gasteiger partial charge in [-0.2, -0.15) is 0 Å². The molecule has 1 aromatic heterocycles. The van der Waals surface area contributed by atoms with E-state index in [2.05, 4.69) is 9.47 Å². The lowest BCUT2D eigenvalue weighted by Gasteiger charge is -2.34. The number of fused-ring (bicyclic) bond motifs is 2. The lowest BCUT2D eigenvalue weighted by atomic mass is 9.86. The van der Waals surface area contributed by atoms with E-state index in [1.54, 1.807) is 36.4 Å². The van der Waals surface area contributed by atoms with Gasteiger partial charge in [0.05, 0.1) is 52.5 Å². The molecule has 4 aromatic rings. The van der Waals surface area contributed by atoms with E-state index in [0.29, 0.717) is 30.0 Å². The van der Waals surface area contributed by atoms with Crippen molar-refractivity contribution in [1.82, 2.24) is 14.5 Å². The number of piperidine rings is 1. The third kappa shape index (κ3) is 5.44. The number of carboxylic acids is 1. The number of carbonyl (C=O) groups is 1. The number of aromatic carboxylic acids is 1. The van der Waals surface area contributed by atoms with Crippen LogP contribution in [0.4, 0.5) is 4.39 Å². The van der Waals surface area contributed by atoms with Gasteiger partial charge < -0.3 is 23.9 Å². The normalized spacial score (nSPS) is 21.8. The summed E-state index contributed by atoms with van der Waals surface area (Å²) >= 11 is 6.13. The maximum atomic E-state index is 15.6. The average Bonchev–Trinajstić information content (AvgIpc) is 3.34. The van der Waals surface area contributed by atoms with Gasteiger partial charge in [0, 0.05) is 17.2 Å². The van der Waals surface area contributed by atoms with E-state index in [0.717, 1.165) is 61.4 Å². The first-order valence-corrected chi connectivity index (χ1v) is 15.1. The number of benzene rings is 3. The van der Waals surface area contributed by atoms with Crippen LogP contribution in [0.1, 0.15) is 68.3 Å². The standard InChI is InChI=1S/C34H33ClFN3O5/c1-42-30-16-22(35)6-7-26(30)31-17-27(36)25-4-2-3-24(33(25)44-31)20-9-12-38(13-10-20)19-32-37-28-8-5-21(34(40)41)15-29(28)39(32)18-23-11-14-43-23/h2-8,15-17,20,23,31H,9-14,18-19H2,1H3,(H,40,41)/t23-,31-/m0/s1/i1D3. The second-order valence-corrected chi connectivity index (χ2v) is 12.0. The number of nitrogens with zero attached hydrogens (tertiary/aromatic N) is 3. The summed E-state index contributed by atoms with van der Waals surface area (Å²) in [7, 11) is -2.72. The SMILES string of the molecule is [2H]C([2H])([2H])Oc1cc(Cl)ccc1[C@@H]1C=C(F)c2cccc(C3CCN(Cc4nc5ccc(C(=O)O)cc5n4C[C@@H]4CCO4)CC3)c2O1. The number of hydrogen-bond acceptors (Lipinski definition) is 6. The van der Waals surface area contributed by atoms with Crippen molar-refractivity contribution in [3.63, 3.8) is 0 Å². The molecule has 44 heavy (non-hydrogen) atoms. The fraction of sp³-hybridized carbons (Fsp3) is 0.353. The molecule has 0 radical (unpaired) electrons. The van der Waals surface area contributed by atoms with Gasteiger partial charge in [-0.25, -0.2) is 14.2 Å². The zero-order valence-corrected chi connectivity index (χ0v) is 24.6. The zero-order valence-electron chi connectivity index (χ0n) is 26.8. The molecule has 0 bridgehead atoms. The highest BCUT2D eigenvalue weighted by Crippen LogP contribution is 2.46. The molecule has 2 atom stereocenters. The summed E-state index contributed by atoms with van der Waals surface area (Å²) in [4.78, 5) is 18.9. The van der Waals surface area contributed by atoms with Gasteiger partial charge in [0.15, 0.2) is 0 Å². The maximum absolute atomic E-state index is 15.6. The monoisotopic (exact) mass is 620 g/mol. The highest BCUT2D eigenvalue weighted by molar-refractivity contribution is 6.30. The molecule has 3 aromatic carbocycles. The van der Waals surface area contributed by atoms with Crippen LogP contribution in [0.25, 0.3) is 16.9 Å². The van der Waals surface area contributed by atoms with Crippen LogP contribution in [-0.2, 0) is 17.8 Å². The molecule has 8 nitrogen and oxygen atoms in total. The molecule has 4 heterocycles. The molecule has 2 saturated heterocycles. The van der Waals surface area contributed by atoms with Crippen molar-refractivity contribution in [3.05, 3.63) is 93.8 Å². The van der Waals surface area contributed by atoms with Gasteiger partial charge in [-0.05, 0) is 92.4 Å². The molecule has 0 aliphatic carbocycles. The first-order chi connectivity index (χ1) is 22.5. The van der Waals surface area contributed by atoms with E-state index in [1.807, 2.05) is 12.1 Å².